The topological polar surface area (TPSA) is 26.3 Å². The zero-order chi connectivity index (χ0) is 12.4. The monoisotopic (exact) mass is 330 g/mol. The normalized spacial score (nSPS) is 10.3. The Balaban J connectivity index is 2.36. The standard InChI is InChI=1S/C12H8BrClO2S/c1-16-8-4-2-3-7(5-8)11(15)10-6-9(14)12(13)17-10/h2-6H,1H3. The summed E-state index contributed by atoms with van der Waals surface area (Å²) in [5.41, 5.74) is 0.592. The van der Waals surface area contributed by atoms with E-state index in [2.05, 4.69) is 15.9 Å². The third kappa shape index (κ3) is 2.70. The lowest BCUT2D eigenvalue weighted by Crippen LogP contribution is -1.98. The molecule has 0 bridgehead atoms. The Morgan fingerprint density at radius 2 is 2.18 bits per heavy atom. The first-order chi connectivity index (χ1) is 8.11. The minimum atomic E-state index is -0.0542. The van der Waals surface area contributed by atoms with Crippen molar-refractivity contribution in [3.8, 4) is 5.75 Å². The second-order valence-corrected chi connectivity index (χ2v) is 6.07. The van der Waals surface area contributed by atoms with Crippen LogP contribution in [0.15, 0.2) is 34.1 Å². The van der Waals surface area contributed by atoms with Gasteiger partial charge in [0.2, 0.25) is 5.78 Å². The van der Waals surface area contributed by atoms with Crippen LogP contribution in [0.4, 0.5) is 0 Å². The van der Waals surface area contributed by atoms with E-state index in [1.54, 1.807) is 37.4 Å². The molecule has 0 saturated carbocycles. The van der Waals surface area contributed by atoms with E-state index in [1.807, 2.05) is 0 Å². The molecule has 2 rings (SSSR count). The molecule has 0 fully saturated rings. The average molecular weight is 332 g/mol. The molecule has 0 N–H and O–H groups in total. The molecule has 0 aliphatic heterocycles. The van der Waals surface area contributed by atoms with Crippen molar-refractivity contribution in [1.29, 1.82) is 0 Å². The zero-order valence-electron chi connectivity index (χ0n) is 8.87. The number of hydrogen-bond donors (Lipinski definition) is 0. The smallest absolute Gasteiger partial charge is 0.203 e. The van der Waals surface area contributed by atoms with Gasteiger partial charge in [0.1, 0.15) is 5.75 Å². The Hall–Kier alpha value is -0.840. The van der Waals surface area contributed by atoms with E-state index in [4.69, 9.17) is 16.3 Å². The molecule has 2 aromatic rings. The molecule has 0 radical (unpaired) electrons. The fourth-order valence-electron chi connectivity index (χ4n) is 1.37. The van der Waals surface area contributed by atoms with Crippen molar-refractivity contribution in [2.75, 3.05) is 7.11 Å². The first-order valence-corrected chi connectivity index (χ1v) is 6.74. The van der Waals surface area contributed by atoms with E-state index < -0.39 is 0 Å². The van der Waals surface area contributed by atoms with Gasteiger partial charge in [-0.3, -0.25) is 4.79 Å². The SMILES string of the molecule is COc1cccc(C(=O)c2cc(Cl)c(Br)s2)c1. The lowest BCUT2D eigenvalue weighted by Gasteiger charge is -2.01. The van der Waals surface area contributed by atoms with Gasteiger partial charge in [0, 0.05) is 5.56 Å². The van der Waals surface area contributed by atoms with E-state index in [0.717, 1.165) is 3.79 Å². The van der Waals surface area contributed by atoms with Crippen LogP contribution in [0.25, 0.3) is 0 Å². The second-order valence-electron chi connectivity index (χ2n) is 3.29. The maximum Gasteiger partial charge on any atom is 0.203 e. The lowest BCUT2D eigenvalue weighted by molar-refractivity contribution is 0.104. The van der Waals surface area contributed by atoms with Crippen LogP contribution in [0, 0.1) is 0 Å². The summed E-state index contributed by atoms with van der Waals surface area (Å²) in [5.74, 6) is 0.610. The molecule has 0 saturated heterocycles. The van der Waals surface area contributed by atoms with Crippen LogP contribution in [-0.2, 0) is 0 Å². The highest BCUT2D eigenvalue weighted by Gasteiger charge is 2.14. The van der Waals surface area contributed by atoms with Gasteiger partial charge >= 0.3 is 0 Å². The van der Waals surface area contributed by atoms with Crippen LogP contribution in [0.1, 0.15) is 15.2 Å². The van der Waals surface area contributed by atoms with Gasteiger partial charge in [-0.2, -0.15) is 0 Å². The van der Waals surface area contributed by atoms with E-state index in [9.17, 15) is 4.79 Å². The van der Waals surface area contributed by atoms with Crippen molar-refractivity contribution < 1.29 is 9.53 Å². The Morgan fingerprint density at radius 3 is 2.76 bits per heavy atom. The minimum absolute atomic E-state index is 0.0542. The molecule has 0 aliphatic rings. The molecule has 0 aliphatic carbocycles. The van der Waals surface area contributed by atoms with Gasteiger partial charge in [-0.05, 0) is 34.1 Å². The van der Waals surface area contributed by atoms with Crippen LogP contribution in [0.3, 0.4) is 0 Å². The number of ketones is 1. The largest absolute Gasteiger partial charge is 0.497 e. The van der Waals surface area contributed by atoms with E-state index in [0.29, 0.717) is 21.2 Å². The number of hydrogen-bond acceptors (Lipinski definition) is 3. The molecular formula is C12H8BrClO2S. The fraction of sp³-hybridized carbons (Fsp3) is 0.0833. The second kappa shape index (κ2) is 5.21. The summed E-state index contributed by atoms with van der Waals surface area (Å²) < 4.78 is 5.85. The van der Waals surface area contributed by atoms with Crippen LogP contribution in [-0.4, -0.2) is 12.9 Å². The first kappa shape index (κ1) is 12.6. The predicted octanol–water partition coefficient (Wildman–Crippen LogP) is 4.40. The van der Waals surface area contributed by atoms with E-state index in [1.165, 1.54) is 11.3 Å². The summed E-state index contributed by atoms with van der Waals surface area (Å²) in [7, 11) is 1.57. The molecule has 0 unspecified atom stereocenters. The number of methoxy groups -OCH3 is 1. The molecule has 17 heavy (non-hydrogen) atoms. The molecule has 0 atom stereocenters. The van der Waals surface area contributed by atoms with Crippen molar-refractivity contribution >= 4 is 44.7 Å². The number of carbonyl (C=O) groups excluding carboxylic acids is 1. The third-order valence-electron chi connectivity index (χ3n) is 2.20. The Morgan fingerprint density at radius 1 is 1.41 bits per heavy atom. The Labute approximate surface area is 116 Å². The fourth-order valence-corrected chi connectivity index (χ4v) is 3.03. The molecular weight excluding hydrogens is 324 g/mol. The minimum Gasteiger partial charge on any atom is -0.497 e. The summed E-state index contributed by atoms with van der Waals surface area (Å²) in [6, 6.07) is 8.72. The maximum atomic E-state index is 12.2. The molecule has 1 aromatic carbocycles. The molecule has 5 heteroatoms. The summed E-state index contributed by atoms with van der Waals surface area (Å²) in [6.07, 6.45) is 0. The number of carbonyl (C=O) groups is 1. The summed E-state index contributed by atoms with van der Waals surface area (Å²) in [6.45, 7) is 0. The van der Waals surface area contributed by atoms with Crippen molar-refractivity contribution in [2.24, 2.45) is 0 Å². The maximum absolute atomic E-state index is 12.2. The van der Waals surface area contributed by atoms with Gasteiger partial charge in [0.25, 0.3) is 0 Å². The number of halogens is 2. The van der Waals surface area contributed by atoms with Gasteiger partial charge in [-0.15, -0.1) is 11.3 Å². The molecule has 88 valence electrons. The highest BCUT2D eigenvalue weighted by atomic mass is 79.9. The highest BCUT2D eigenvalue weighted by molar-refractivity contribution is 9.11. The van der Waals surface area contributed by atoms with Crippen molar-refractivity contribution in [1.82, 2.24) is 0 Å². The van der Waals surface area contributed by atoms with Crippen LogP contribution in [0.2, 0.25) is 5.02 Å². The van der Waals surface area contributed by atoms with Gasteiger partial charge < -0.3 is 4.74 Å². The van der Waals surface area contributed by atoms with Gasteiger partial charge in [0.05, 0.1) is 20.8 Å². The number of ether oxygens (including phenoxy) is 1. The van der Waals surface area contributed by atoms with Crippen LogP contribution in [0.5, 0.6) is 5.75 Å². The quantitative estimate of drug-likeness (QED) is 0.779. The van der Waals surface area contributed by atoms with Gasteiger partial charge in [-0.1, -0.05) is 23.7 Å². The predicted molar refractivity (Wildman–Crippen MR) is 73.5 cm³/mol. The van der Waals surface area contributed by atoms with Crippen molar-refractivity contribution in [3.63, 3.8) is 0 Å². The van der Waals surface area contributed by atoms with Crippen LogP contribution < -0.4 is 4.74 Å². The zero-order valence-corrected chi connectivity index (χ0v) is 12.0. The molecule has 1 aromatic heterocycles. The van der Waals surface area contributed by atoms with Gasteiger partial charge in [0.15, 0.2) is 0 Å². The molecule has 1 heterocycles. The van der Waals surface area contributed by atoms with E-state index >= 15 is 0 Å². The van der Waals surface area contributed by atoms with Crippen molar-refractivity contribution in [3.05, 3.63) is 49.6 Å². The average Bonchev–Trinajstić information content (AvgIpc) is 2.69. The number of rotatable bonds is 3. The Kier molecular flexibility index (Phi) is 3.86. The first-order valence-electron chi connectivity index (χ1n) is 4.75. The Bertz CT molecular complexity index is 546. The van der Waals surface area contributed by atoms with E-state index in [-0.39, 0.29) is 5.78 Å². The van der Waals surface area contributed by atoms with Crippen LogP contribution >= 0.6 is 38.9 Å². The number of benzene rings is 1. The molecule has 0 spiro atoms. The van der Waals surface area contributed by atoms with Gasteiger partial charge in [-0.25, -0.2) is 0 Å². The van der Waals surface area contributed by atoms with Crippen molar-refractivity contribution in [2.45, 2.75) is 0 Å². The highest BCUT2D eigenvalue weighted by Crippen LogP contribution is 2.33. The summed E-state index contributed by atoms with van der Waals surface area (Å²) >= 11 is 10.5. The molecule has 2 nitrogen and oxygen atoms in total. The molecule has 0 amide bonds. The number of thiophene rings is 1. The summed E-state index contributed by atoms with van der Waals surface area (Å²) in [5, 5.41) is 0.557. The summed E-state index contributed by atoms with van der Waals surface area (Å²) in [4.78, 5) is 12.8. The lowest BCUT2D eigenvalue weighted by atomic mass is 10.1. The third-order valence-corrected chi connectivity index (χ3v) is 4.67.